The maximum absolute atomic E-state index is 11.8. The van der Waals surface area contributed by atoms with Crippen LogP contribution in [0.3, 0.4) is 0 Å². The van der Waals surface area contributed by atoms with E-state index in [0.717, 1.165) is 24.0 Å². The zero-order valence-corrected chi connectivity index (χ0v) is 12.2. The Morgan fingerprint density at radius 2 is 2.11 bits per heavy atom. The van der Waals surface area contributed by atoms with Crippen LogP contribution in [0.15, 0.2) is 18.2 Å². The van der Waals surface area contributed by atoms with Crippen molar-refractivity contribution in [3.05, 3.63) is 34.9 Å². The summed E-state index contributed by atoms with van der Waals surface area (Å²) in [4.78, 5) is 11.8. The first-order valence-electron chi connectivity index (χ1n) is 6.96. The zero-order chi connectivity index (χ0) is 14.3. The summed E-state index contributed by atoms with van der Waals surface area (Å²) in [5, 5.41) is 11.8. The lowest BCUT2D eigenvalue weighted by atomic mass is 10.0. The van der Waals surface area contributed by atoms with Gasteiger partial charge in [-0.25, -0.2) is 0 Å². The lowest BCUT2D eigenvalue weighted by Crippen LogP contribution is -2.26. The second-order valence-electron chi connectivity index (χ2n) is 5.39. The van der Waals surface area contributed by atoms with Gasteiger partial charge in [0.05, 0.1) is 6.42 Å². The van der Waals surface area contributed by atoms with Crippen molar-refractivity contribution in [2.24, 2.45) is 5.92 Å². The summed E-state index contributed by atoms with van der Waals surface area (Å²) in [5.41, 5.74) is 3.45. The molecule has 1 atom stereocenters. The molecular formula is C16H25NO2. The number of benzene rings is 1. The second-order valence-corrected chi connectivity index (χ2v) is 5.39. The summed E-state index contributed by atoms with van der Waals surface area (Å²) < 4.78 is 0. The normalized spacial score (nSPS) is 12.2. The fourth-order valence-electron chi connectivity index (χ4n) is 2.00. The first kappa shape index (κ1) is 15.7. The van der Waals surface area contributed by atoms with E-state index in [0.29, 0.717) is 18.9 Å². The smallest absolute Gasteiger partial charge is 0.224 e. The number of amides is 1. The summed E-state index contributed by atoms with van der Waals surface area (Å²) in [5.74, 6) is 0.390. The quantitative estimate of drug-likeness (QED) is 0.742. The number of aliphatic hydroxyl groups is 1. The monoisotopic (exact) mass is 263 g/mol. The van der Waals surface area contributed by atoms with Gasteiger partial charge in [-0.15, -0.1) is 0 Å². The minimum Gasteiger partial charge on any atom is -0.396 e. The molecule has 1 aromatic carbocycles. The van der Waals surface area contributed by atoms with Gasteiger partial charge in [0.25, 0.3) is 0 Å². The Labute approximate surface area is 116 Å². The van der Waals surface area contributed by atoms with Crippen LogP contribution in [-0.4, -0.2) is 24.2 Å². The van der Waals surface area contributed by atoms with Gasteiger partial charge in [0.1, 0.15) is 0 Å². The number of hydrogen-bond donors (Lipinski definition) is 2. The number of carbonyl (C=O) groups excluding carboxylic acids is 1. The van der Waals surface area contributed by atoms with Crippen molar-refractivity contribution in [1.29, 1.82) is 0 Å². The van der Waals surface area contributed by atoms with Crippen LogP contribution in [0.4, 0.5) is 0 Å². The van der Waals surface area contributed by atoms with Crippen molar-refractivity contribution in [2.45, 2.75) is 40.0 Å². The van der Waals surface area contributed by atoms with E-state index < -0.39 is 0 Å². The van der Waals surface area contributed by atoms with Crippen molar-refractivity contribution in [3.8, 4) is 0 Å². The molecule has 0 fully saturated rings. The predicted molar refractivity (Wildman–Crippen MR) is 78.1 cm³/mol. The molecule has 19 heavy (non-hydrogen) atoms. The SMILES string of the molecule is Cc1ccc(C)c(CC(=O)NCCCC(C)CO)c1. The highest BCUT2D eigenvalue weighted by atomic mass is 16.3. The Bertz CT molecular complexity index is 415. The lowest BCUT2D eigenvalue weighted by Gasteiger charge is -2.10. The average Bonchev–Trinajstić information content (AvgIpc) is 2.38. The Balaban J connectivity index is 2.33. The van der Waals surface area contributed by atoms with Crippen LogP contribution in [-0.2, 0) is 11.2 Å². The molecule has 0 aromatic heterocycles. The fraction of sp³-hybridized carbons (Fsp3) is 0.562. The number of rotatable bonds is 7. The van der Waals surface area contributed by atoms with Crippen molar-refractivity contribution in [3.63, 3.8) is 0 Å². The van der Waals surface area contributed by atoms with E-state index in [-0.39, 0.29) is 12.5 Å². The number of aryl methyl sites for hydroxylation is 2. The third kappa shape index (κ3) is 5.88. The highest BCUT2D eigenvalue weighted by Gasteiger charge is 2.06. The molecule has 0 aliphatic heterocycles. The maximum Gasteiger partial charge on any atom is 0.224 e. The molecule has 3 nitrogen and oxygen atoms in total. The minimum atomic E-state index is 0.0744. The van der Waals surface area contributed by atoms with E-state index in [1.807, 2.05) is 20.8 Å². The van der Waals surface area contributed by atoms with Gasteiger partial charge in [0.15, 0.2) is 0 Å². The molecule has 0 heterocycles. The van der Waals surface area contributed by atoms with E-state index in [9.17, 15) is 4.79 Å². The van der Waals surface area contributed by atoms with E-state index in [1.54, 1.807) is 0 Å². The summed E-state index contributed by atoms with van der Waals surface area (Å²) in [6.45, 7) is 6.99. The van der Waals surface area contributed by atoms with Crippen LogP contribution in [0.5, 0.6) is 0 Å². The van der Waals surface area contributed by atoms with Gasteiger partial charge in [-0.1, -0.05) is 30.7 Å². The van der Waals surface area contributed by atoms with Crippen molar-refractivity contribution in [2.75, 3.05) is 13.2 Å². The number of hydrogen-bond acceptors (Lipinski definition) is 2. The molecule has 0 saturated heterocycles. The highest BCUT2D eigenvalue weighted by Crippen LogP contribution is 2.11. The Morgan fingerprint density at radius 1 is 1.37 bits per heavy atom. The molecule has 0 spiro atoms. The third-order valence-electron chi connectivity index (χ3n) is 3.36. The van der Waals surface area contributed by atoms with E-state index in [1.165, 1.54) is 5.56 Å². The maximum atomic E-state index is 11.8. The van der Waals surface area contributed by atoms with Crippen LogP contribution in [0, 0.1) is 19.8 Å². The molecule has 0 aliphatic rings. The molecule has 1 amide bonds. The largest absolute Gasteiger partial charge is 0.396 e. The standard InChI is InChI=1S/C16H25NO2/c1-12-6-7-14(3)15(9-12)10-16(19)17-8-4-5-13(2)11-18/h6-7,9,13,18H,4-5,8,10-11H2,1-3H3,(H,17,19). The summed E-state index contributed by atoms with van der Waals surface area (Å²) in [6.07, 6.45) is 2.31. The van der Waals surface area contributed by atoms with E-state index in [2.05, 4.69) is 23.5 Å². The van der Waals surface area contributed by atoms with Gasteiger partial charge >= 0.3 is 0 Å². The molecule has 3 heteroatoms. The lowest BCUT2D eigenvalue weighted by molar-refractivity contribution is -0.120. The van der Waals surface area contributed by atoms with Crippen LogP contribution < -0.4 is 5.32 Å². The molecule has 2 N–H and O–H groups in total. The first-order chi connectivity index (χ1) is 9.02. The molecule has 1 unspecified atom stereocenters. The van der Waals surface area contributed by atoms with E-state index >= 15 is 0 Å². The molecule has 0 aliphatic carbocycles. The molecule has 106 valence electrons. The number of aliphatic hydroxyl groups excluding tert-OH is 1. The first-order valence-corrected chi connectivity index (χ1v) is 6.96. The number of carbonyl (C=O) groups is 1. The van der Waals surface area contributed by atoms with Crippen molar-refractivity contribution < 1.29 is 9.90 Å². The molecule has 0 saturated carbocycles. The average molecular weight is 263 g/mol. The predicted octanol–water partition coefficient (Wildman–Crippen LogP) is 2.37. The summed E-state index contributed by atoms with van der Waals surface area (Å²) in [6, 6.07) is 6.19. The second kappa shape index (κ2) is 7.95. The molecule has 0 radical (unpaired) electrons. The highest BCUT2D eigenvalue weighted by molar-refractivity contribution is 5.78. The summed E-state index contributed by atoms with van der Waals surface area (Å²) in [7, 11) is 0. The van der Waals surface area contributed by atoms with Gasteiger partial charge in [-0.05, 0) is 43.7 Å². The molecule has 0 bridgehead atoms. The van der Waals surface area contributed by atoms with Gasteiger partial charge < -0.3 is 10.4 Å². The molecule has 1 rings (SSSR count). The van der Waals surface area contributed by atoms with Gasteiger partial charge in [-0.3, -0.25) is 4.79 Å². The van der Waals surface area contributed by atoms with Crippen LogP contribution in [0.1, 0.15) is 36.5 Å². The number of nitrogens with one attached hydrogen (secondary N) is 1. The zero-order valence-electron chi connectivity index (χ0n) is 12.2. The van der Waals surface area contributed by atoms with Crippen molar-refractivity contribution >= 4 is 5.91 Å². The molecule has 1 aromatic rings. The molecular weight excluding hydrogens is 238 g/mol. The van der Waals surface area contributed by atoms with E-state index in [4.69, 9.17) is 5.11 Å². The van der Waals surface area contributed by atoms with Crippen LogP contribution in [0.25, 0.3) is 0 Å². The van der Waals surface area contributed by atoms with Gasteiger partial charge in [-0.2, -0.15) is 0 Å². The Morgan fingerprint density at radius 3 is 2.79 bits per heavy atom. The minimum absolute atomic E-state index is 0.0744. The van der Waals surface area contributed by atoms with Crippen LogP contribution >= 0.6 is 0 Å². The third-order valence-corrected chi connectivity index (χ3v) is 3.36. The van der Waals surface area contributed by atoms with Gasteiger partial charge in [0.2, 0.25) is 5.91 Å². The van der Waals surface area contributed by atoms with Crippen LogP contribution in [0.2, 0.25) is 0 Å². The fourth-order valence-corrected chi connectivity index (χ4v) is 2.00. The summed E-state index contributed by atoms with van der Waals surface area (Å²) >= 11 is 0. The Hall–Kier alpha value is -1.35. The Kier molecular flexibility index (Phi) is 6.57. The van der Waals surface area contributed by atoms with Crippen molar-refractivity contribution in [1.82, 2.24) is 5.32 Å². The topological polar surface area (TPSA) is 49.3 Å². The van der Waals surface area contributed by atoms with Gasteiger partial charge in [0, 0.05) is 13.2 Å².